The van der Waals surface area contributed by atoms with Gasteiger partial charge in [-0.25, -0.2) is 0 Å². The predicted molar refractivity (Wildman–Crippen MR) is 286 cm³/mol. The van der Waals surface area contributed by atoms with Gasteiger partial charge in [0.15, 0.2) is 0 Å². The molecule has 0 amide bonds. The van der Waals surface area contributed by atoms with E-state index in [4.69, 9.17) is 4.42 Å². The lowest BCUT2D eigenvalue weighted by Gasteiger charge is -2.26. The summed E-state index contributed by atoms with van der Waals surface area (Å²) < 4.78 is 9.13. The van der Waals surface area contributed by atoms with Gasteiger partial charge < -0.3 is 18.8 Å². The Labute approximate surface area is 394 Å². The summed E-state index contributed by atoms with van der Waals surface area (Å²) in [7, 11) is 0. The van der Waals surface area contributed by atoms with Gasteiger partial charge in [0, 0.05) is 67.4 Å². The van der Waals surface area contributed by atoms with Crippen LogP contribution in [0.5, 0.6) is 0 Å². The van der Waals surface area contributed by atoms with E-state index in [1.807, 2.05) is 0 Å². The van der Waals surface area contributed by atoms with Crippen LogP contribution in [0, 0.1) is 0 Å². The third-order valence-electron chi connectivity index (χ3n) is 13.4. The number of hydrogen-bond acceptors (Lipinski definition) is 3. The highest BCUT2D eigenvalue weighted by atomic mass is 16.3. The Kier molecular flexibility index (Phi) is 9.47. The average Bonchev–Trinajstić information content (AvgIpc) is 3.96. The summed E-state index contributed by atoms with van der Waals surface area (Å²) in [6, 6.07) is 93.3. The summed E-state index contributed by atoms with van der Waals surface area (Å²) >= 11 is 0. The number of rotatable bonds is 9. The van der Waals surface area contributed by atoms with Gasteiger partial charge in [0.25, 0.3) is 0 Å². The Bertz CT molecular complexity index is 3940. The minimum Gasteiger partial charge on any atom is -0.456 e. The lowest BCUT2D eigenvalue weighted by atomic mass is 9.95. The second-order valence-corrected chi connectivity index (χ2v) is 17.3. The smallest absolute Gasteiger partial charge is 0.137 e. The molecule has 0 unspecified atom stereocenters. The van der Waals surface area contributed by atoms with Gasteiger partial charge in [-0.05, 0) is 136 Å². The Morgan fingerprint density at radius 2 is 0.779 bits per heavy atom. The summed E-state index contributed by atoms with van der Waals surface area (Å²) in [5.74, 6) is 0. The highest BCUT2D eigenvalue weighted by molar-refractivity contribution is 6.21. The van der Waals surface area contributed by atoms with Crippen molar-refractivity contribution < 1.29 is 4.42 Å². The van der Waals surface area contributed by atoms with E-state index in [1.165, 1.54) is 49.3 Å². The first kappa shape index (κ1) is 39.3. The normalized spacial score (nSPS) is 11.5. The molecule has 0 N–H and O–H groups in total. The molecule has 0 saturated heterocycles. The molecule has 0 radical (unpaired) electrons. The molecule has 13 aromatic rings. The van der Waals surface area contributed by atoms with Crippen molar-refractivity contribution in [2.45, 2.75) is 0 Å². The van der Waals surface area contributed by atoms with Crippen molar-refractivity contribution in [3.63, 3.8) is 0 Å². The first-order valence-electron chi connectivity index (χ1n) is 23.2. The van der Waals surface area contributed by atoms with Crippen molar-refractivity contribution >= 4 is 88.6 Å². The number of fused-ring (bicyclic) bond motifs is 8. The van der Waals surface area contributed by atoms with Crippen LogP contribution >= 0.6 is 0 Å². The van der Waals surface area contributed by atoms with Crippen molar-refractivity contribution in [1.82, 2.24) is 4.57 Å². The molecule has 4 nitrogen and oxygen atoms in total. The summed E-state index contributed by atoms with van der Waals surface area (Å²) in [6.07, 6.45) is 0. The van der Waals surface area contributed by atoms with Crippen molar-refractivity contribution in [3.8, 4) is 27.9 Å². The molecule has 0 aliphatic heterocycles. The summed E-state index contributed by atoms with van der Waals surface area (Å²) in [6.45, 7) is 0. The number of nitrogens with zero attached hydrogens (tertiary/aromatic N) is 3. The Morgan fingerprint density at radius 3 is 1.49 bits per heavy atom. The number of benzene rings is 11. The van der Waals surface area contributed by atoms with E-state index in [0.717, 1.165) is 67.3 Å². The molecule has 0 bridgehead atoms. The number of anilines is 6. The van der Waals surface area contributed by atoms with Crippen LogP contribution in [-0.4, -0.2) is 4.57 Å². The molecule has 68 heavy (non-hydrogen) atoms. The van der Waals surface area contributed by atoms with E-state index in [1.54, 1.807) is 0 Å². The molecule has 2 heterocycles. The van der Waals surface area contributed by atoms with Crippen LogP contribution in [0.1, 0.15) is 0 Å². The number of para-hydroxylation sites is 4. The molecule has 0 fully saturated rings. The van der Waals surface area contributed by atoms with Crippen molar-refractivity contribution in [2.75, 3.05) is 9.80 Å². The van der Waals surface area contributed by atoms with Crippen molar-refractivity contribution in [3.05, 3.63) is 261 Å². The SMILES string of the molecule is c1ccc(-c2ccc(N(c3ccccc3)c3ccc(-c4cccc5c4ccc4oc6cc(N(c7ccccc7)c7ccc8c(c7)c7ccccc7n8-c7ccccc7)ccc6c45)cc3)cc2)cc1. The number of hydrogen-bond donors (Lipinski definition) is 0. The second-order valence-electron chi connectivity index (χ2n) is 17.3. The summed E-state index contributed by atoms with van der Waals surface area (Å²) in [5.41, 5.74) is 16.4. The highest BCUT2D eigenvalue weighted by Crippen LogP contribution is 2.44. The zero-order valence-electron chi connectivity index (χ0n) is 37.1. The molecule has 320 valence electrons. The van der Waals surface area contributed by atoms with Crippen LogP contribution in [0.3, 0.4) is 0 Å². The monoisotopic (exact) mass is 869 g/mol. The van der Waals surface area contributed by atoms with Crippen LogP contribution in [0.4, 0.5) is 34.1 Å². The summed E-state index contributed by atoms with van der Waals surface area (Å²) in [4.78, 5) is 4.65. The van der Waals surface area contributed by atoms with E-state index in [2.05, 4.69) is 275 Å². The average molecular weight is 870 g/mol. The van der Waals surface area contributed by atoms with E-state index in [9.17, 15) is 0 Å². The van der Waals surface area contributed by atoms with Crippen LogP contribution in [0.25, 0.3) is 82.5 Å². The zero-order valence-corrected chi connectivity index (χ0v) is 37.1. The fraction of sp³-hybridized carbons (Fsp3) is 0. The molecule has 0 saturated carbocycles. The molecule has 2 aromatic heterocycles. The van der Waals surface area contributed by atoms with Gasteiger partial charge in [-0.1, -0.05) is 152 Å². The fourth-order valence-corrected chi connectivity index (χ4v) is 10.2. The Morgan fingerprint density at radius 1 is 0.279 bits per heavy atom. The molecule has 0 aliphatic carbocycles. The Balaban J connectivity index is 0.878. The van der Waals surface area contributed by atoms with E-state index < -0.39 is 0 Å². The van der Waals surface area contributed by atoms with Crippen LogP contribution in [0.15, 0.2) is 265 Å². The maximum atomic E-state index is 6.77. The van der Waals surface area contributed by atoms with E-state index in [-0.39, 0.29) is 0 Å². The molecule has 13 rings (SSSR count). The highest BCUT2D eigenvalue weighted by Gasteiger charge is 2.20. The number of aromatic nitrogens is 1. The quantitative estimate of drug-likeness (QED) is 0.144. The lowest BCUT2D eigenvalue weighted by Crippen LogP contribution is -2.09. The standard InChI is InChI=1S/C64H43N3O/c1-5-16-44(17-6-1)45-28-32-50(33-29-45)65(47-18-7-2-8-19-47)51-34-30-46(31-35-51)54-25-15-26-57-55(54)39-41-62-64(57)58-38-36-53(43-63(58)68-62)66(48-20-9-3-10-21-48)52-37-40-61-59(42-52)56-24-13-14-27-60(56)67(61)49-22-11-4-12-23-49/h1-43H. The van der Waals surface area contributed by atoms with Gasteiger partial charge in [0.2, 0.25) is 0 Å². The summed E-state index contributed by atoms with van der Waals surface area (Å²) in [5, 5.41) is 6.98. The van der Waals surface area contributed by atoms with Gasteiger partial charge in [0.1, 0.15) is 11.2 Å². The molecular formula is C64H43N3O. The topological polar surface area (TPSA) is 24.6 Å². The van der Waals surface area contributed by atoms with Crippen molar-refractivity contribution in [2.24, 2.45) is 0 Å². The molecular weight excluding hydrogens is 827 g/mol. The third kappa shape index (κ3) is 6.69. The van der Waals surface area contributed by atoms with Gasteiger partial charge in [-0.15, -0.1) is 0 Å². The number of furan rings is 1. The minimum absolute atomic E-state index is 0.847. The maximum Gasteiger partial charge on any atom is 0.137 e. The molecule has 0 aliphatic rings. The van der Waals surface area contributed by atoms with Gasteiger partial charge in [0.05, 0.1) is 11.0 Å². The van der Waals surface area contributed by atoms with Gasteiger partial charge in [-0.3, -0.25) is 0 Å². The van der Waals surface area contributed by atoms with Gasteiger partial charge >= 0.3 is 0 Å². The van der Waals surface area contributed by atoms with Crippen LogP contribution in [0.2, 0.25) is 0 Å². The fourth-order valence-electron chi connectivity index (χ4n) is 10.2. The maximum absolute atomic E-state index is 6.77. The predicted octanol–water partition coefficient (Wildman–Crippen LogP) is 18.1. The van der Waals surface area contributed by atoms with Crippen LogP contribution in [-0.2, 0) is 0 Å². The lowest BCUT2D eigenvalue weighted by molar-refractivity contribution is 0.669. The molecule has 11 aromatic carbocycles. The van der Waals surface area contributed by atoms with Crippen molar-refractivity contribution in [1.29, 1.82) is 0 Å². The Hall–Kier alpha value is -9.12. The minimum atomic E-state index is 0.847. The van der Waals surface area contributed by atoms with E-state index in [0.29, 0.717) is 0 Å². The first-order chi connectivity index (χ1) is 33.7. The first-order valence-corrected chi connectivity index (χ1v) is 23.2. The largest absolute Gasteiger partial charge is 0.456 e. The second kappa shape index (κ2) is 16.4. The van der Waals surface area contributed by atoms with E-state index >= 15 is 0 Å². The molecule has 0 spiro atoms. The third-order valence-corrected chi connectivity index (χ3v) is 13.4. The molecule has 0 atom stereocenters. The molecule has 4 heteroatoms. The zero-order chi connectivity index (χ0) is 45.0. The van der Waals surface area contributed by atoms with Crippen LogP contribution < -0.4 is 9.80 Å². The van der Waals surface area contributed by atoms with Gasteiger partial charge in [-0.2, -0.15) is 0 Å².